The number of carbonyl (C=O) groups excluding carboxylic acids is 1. The Kier molecular flexibility index (Phi) is 8.46. The average molecular weight is 567 g/mol. The lowest BCUT2D eigenvalue weighted by Gasteiger charge is -2.35. The second-order valence-electron chi connectivity index (χ2n) is 11.2. The molecule has 1 aliphatic carbocycles. The molecule has 212 valence electrons. The minimum Gasteiger partial charge on any atom is -0.755 e. The van der Waals surface area contributed by atoms with Crippen molar-refractivity contribution in [2.24, 2.45) is 0 Å². The van der Waals surface area contributed by atoms with E-state index in [0.717, 1.165) is 35.7 Å². The van der Waals surface area contributed by atoms with Crippen molar-refractivity contribution in [3.63, 3.8) is 0 Å². The highest BCUT2D eigenvalue weighted by molar-refractivity contribution is 7.80. The van der Waals surface area contributed by atoms with Gasteiger partial charge in [-0.3, -0.25) is 18.2 Å². The lowest BCUT2D eigenvalue weighted by molar-refractivity contribution is -0.122. The van der Waals surface area contributed by atoms with Gasteiger partial charge in [-0.1, -0.05) is 85.3 Å². The molecule has 1 fully saturated rings. The van der Waals surface area contributed by atoms with Crippen molar-refractivity contribution in [3.05, 3.63) is 113 Å². The molecule has 0 saturated carbocycles. The molecule has 4 aromatic rings. The molecule has 7 heteroatoms. The Morgan fingerprint density at radius 3 is 2.46 bits per heavy atom. The predicted octanol–water partition coefficient (Wildman–Crippen LogP) is 6.36. The van der Waals surface area contributed by atoms with Crippen LogP contribution in [0, 0.1) is 0 Å². The fourth-order valence-corrected chi connectivity index (χ4v) is 7.11. The van der Waals surface area contributed by atoms with Gasteiger partial charge in [0, 0.05) is 23.5 Å². The highest BCUT2D eigenvalue weighted by atomic mass is 32.2. The Balaban J connectivity index is 1.21. The summed E-state index contributed by atoms with van der Waals surface area (Å²) in [6.07, 6.45) is 5.69. The zero-order valence-corrected chi connectivity index (χ0v) is 24.0. The minimum absolute atomic E-state index is 0.0176. The number of aryl methyl sites for hydroxylation is 1. The van der Waals surface area contributed by atoms with Crippen LogP contribution in [0.3, 0.4) is 0 Å². The molecule has 41 heavy (non-hydrogen) atoms. The van der Waals surface area contributed by atoms with E-state index in [-0.39, 0.29) is 18.4 Å². The molecule has 1 amide bonds. The Labute approximate surface area is 244 Å². The molecule has 0 bridgehead atoms. The number of anilines is 1. The Morgan fingerprint density at radius 2 is 1.68 bits per heavy atom. The van der Waals surface area contributed by atoms with Gasteiger partial charge in [0.25, 0.3) is 0 Å². The van der Waals surface area contributed by atoms with Crippen LogP contribution < -0.4 is 9.62 Å². The van der Waals surface area contributed by atoms with Crippen LogP contribution in [-0.4, -0.2) is 32.7 Å². The molecule has 1 N–H and O–H groups in total. The van der Waals surface area contributed by atoms with Gasteiger partial charge in [-0.05, 0) is 83.9 Å². The molecule has 1 heterocycles. The van der Waals surface area contributed by atoms with Crippen molar-refractivity contribution in [1.29, 1.82) is 0 Å². The van der Waals surface area contributed by atoms with Gasteiger partial charge in [0.2, 0.25) is 5.91 Å². The first-order valence-electron chi connectivity index (χ1n) is 14.6. The Morgan fingerprint density at radius 1 is 0.927 bits per heavy atom. The van der Waals surface area contributed by atoms with Gasteiger partial charge >= 0.3 is 0 Å². The topological polar surface area (TPSA) is 75.7 Å². The number of rotatable bonds is 9. The maximum Gasteiger partial charge on any atom is 0.222 e. The summed E-state index contributed by atoms with van der Waals surface area (Å²) < 4.78 is 26.7. The van der Waals surface area contributed by atoms with E-state index in [0.29, 0.717) is 5.69 Å². The SMILES string of the molecule is O=C(CC(c1ccccc1)N(c1ccc2ccccc2c1)S(=O)[O-])NC1CCc2cc(CN3CCCCC3)ccc21. The first kappa shape index (κ1) is 27.6. The summed E-state index contributed by atoms with van der Waals surface area (Å²) in [4.78, 5) is 16.1. The zero-order chi connectivity index (χ0) is 28.2. The standard InChI is InChI=1S/C34H37N3O3S/c38-34(35-32-18-15-29-21-25(13-17-31(29)32)24-36-19-7-2-8-20-36)23-33(27-10-3-1-4-11-27)37(41(39)40)30-16-14-26-9-5-6-12-28(26)22-30/h1,3-6,9-14,16-17,21-22,32-33H,2,7-8,15,18-20,23-24H2,(H,35,38)(H,39,40)/p-1. The van der Waals surface area contributed by atoms with Crippen molar-refractivity contribution in [1.82, 2.24) is 10.2 Å². The van der Waals surface area contributed by atoms with Gasteiger partial charge in [-0.25, -0.2) is 0 Å². The van der Waals surface area contributed by atoms with Gasteiger partial charge in [-0.2, -0.15) is 0 Å². The minimum atomic E-state index is -2.59. The summed E-state index contributed by atoms with van der Waals surface area (Å²) in [6.45, 7) is 3.32. The lowest BCUT2D eigenvalue weighted by Crippen LogP contribution is -2.36. The van der Waals surface area contributed by atoms with Crippen molar-refractivity contribution in [3.8, 4) is 0 Å². The fourth-order valence-electron chi connectivity index (χ4n) is 6.42. The predicted molar refractivity (Wildman–Crippen MR) is 164 cm³/mol. The van der Waals surface area contributed by atoms with Crippen LogP contribution in [0.25, 0.3) is 10.8 Å². The van der Waals surface area contributed by atoms with E-state index in [1.54, 1.807) is 6.07 Å². The van der Waals surface area contributed by atoms with Crippen LogP contribution in [0.1, 0.15) is 66.4 Å². The third-order valence-corrected chi connectivity index (χ3v) is 9.26. The molecule has 1 aliphatic heterocycles. The van der Waals surface area contributed by atoms with Gasteiger partial charge in [0.05, 0.1) is 18.5 Å². The largest absolute Gasteiger partial charge is 0.755 e. The first-order chi connectivity index (χ1) is 20.0. The highest BCUT2D eigenvalue weighted by Crippen LogP contribution is 2.35. The van der Waals surface area contributed by atoms with E-state index < -0.39 is 17.3 Å². The van der Waals surface area contributed by atoms with Crippen LogP contribution in [-0.2, 0) is 29.0 Å². The summed E-state index contributed by atoms with van der Waals surface area (Å²) >= 11 is -2.59. The zero-order valence-electron chi connectivity index (χ0n) is 23.2. The van der Waals surface area contributed by atoms with Crippen LogP contribution in [0.4, 0.5) is 5.69 Å². The fraction of sp³-hybridized carbons (Fsp3) is 0.324. The van der Waals surface area contributed by atoms with Gasteiger partial charge in [0.15, 0.2) is 0 Å². The number of benzene rings is 4. The maximum absolute atomic E-state index is 13.5. The van der Waals surface area contributed by atoms with Crippen molar-refractivity contribution in [2.45, 2.75) is 57.2 Å². The average Bonchev–Trinajstić information content (AvgIpc) is 3.39. The summed E-state index contributed by atoms with van der Waals surface area (Å²) in [5, 5.41) is 5.21. The van der Waals surface area contributed by atoms with Crippen molar-refractivity contribution in [2.75, 3.05) is 17.4 Å². The Hall–Kier alpha value is -3.52. The number of nitrogens with one attached hydrogen (secondary N) is 1. The molecule has 0 spiro atoms. The molecule has 3 atom stereocenters. The van der Waals surface area contributed by atoms with Crippen LogP contribution >= 0.6 is 0 Å². The molecule has 6 rings (SSSR count). The van der Waals surface area contributed by atoms with Gasteiger partial charge in [-0.15, -0.1) is 0 Å². The van der Waals surface area contributed by atoms with Crippen LogP contribution in [0.2, 0.25) is 0 Å². The molecule has 3 unspecified atom stereocenters. The van der Waals surface area contributed by atoms with Crippen molar-refractivity contribution < 1.29 is 13.6 Å². The van der Waals surface area contributed by atoms with Gasteiger partial charge < -0.3 is 9.87 Å². The highest BCUT2D eigenvalue weighted by Gasteiger charge is 2.29. The van der Waals surface area contributed by atoms with E-state index in [1.807, 2.05) is 66.7 Å². The van der Waals surface area contributed by atoms with E-state index in [9.17, 15) is 13.6 Å². The normalized spacial score (nSPS) is 18.5. The first-order valence-corrected chi connectivity index (χ1v) is 15.6. The van der Waals surface area contributed by atoms with E-state index in [4.69, 9.17) is 0 Å². The molecule has 2 aliphatic rings. The van der Waals surface area contributed by atoms with E-state index >= 15 is 0 Å². The Bertz CT molecular complexity index is 1540. The second-order valence-corrected chi connectivity index (χ2v) is 12.1. The lowest BCUT2D eigenvalue weighted by atomic mass is 10.0. The molecule has 0 radical (unpaired) electrons. The molecule has 6 nitrogen and oxygen atoms in total. The second kappa shape index (κ2) is 12.6. The summed E-state index contributed by atoms with van der Waals surface area (Å²) in [6, 6.07) is 28.8. The number of hydrogen-bond acceptors (Lipinski definition) is 4. The number of carbonyl (C=O) groups is 1. The molecule has 0 aromatic heterocycles. The monoisotopic (exact) mass is 566 g/mol. The molecule has 1 saturated heterocycles. The molecule has 4 aromatic carbocycles. The number of nitrogens with zero attached hydrogens (tertiary/aromatic N) is 2. The van der Waals surface area contributed by atoms with Crippen LogP contribution in [0.15, 0.2) is 91.0 Å². The van der Waals surface area contributed by atoms with Gasteiger partial charge in [0.1, 0.15) is 0 Å². The number of amides is 1. The van der Waals surface area contributed by atoms with Crippen molar-refractivity contribution >= 4 is 33.6 Å². The molecular formula is C34H36N3O3S-. The smallest absolute Gasteiger partial charge is 0.222 e. The number of piperidine rings is 1. The summed E-state index contributed by atoms with van der Waals surface area (Å²) in [7, 11) is 0. The third-order valence-electron chi connectivity index (χ3n) is 8.47. The quantitative estimate of drug-likeness (QED) is 0.239. The number of hydrogen-bond donors (Lipinski definition) is 1. The third kappa shape index (κ3) is 6.38. The summed E-state index contributed by atoms with van der Waals surface area (Å²) in [5.41, 5.74) is 5.13. The number of fused-ring (bicyclic) bond motifs is 2. The number of likely N-dealkylation sites (tertiary alicyclic amines) is 1. The molecular weight excluding hydrogens is 530 g/mol. The van der Waals surface area contributed by atoms with Crippen LogP contribution in [0.5, 0.6) is 0 Å². The van der Waals surface area contributed by atoms with E-state index in [2.05, 4.69) is 28.4 Å². The maximum atomic E-state index is 13.5. The summed E-state index contributed by atoms with van der Waals surface area (Å²) in [5.74, 6) is -0.162. The van der Waals surface area contributed by atoms with E-state index in [1.165, 1.54) is 53.3 Å².